The van der Waals surface area contributed by atoms with Gasteiger partial charge < -0.3 is 15.1 Å². The quantitative estimate of drug-likeness (QED) is 0.206. The van der Waals surface area contributed by atoms with Crippen molar-refractivity contribution >= 4 is 34.2 Å². The molecule has 0 spiro atoms. The highest BCUT2D eigenvalue weighted by Gasteiger charge is 2.33. The fraction of sp³-hybridized carbons (Fsp3) is 0.342. The number of anilines is 1. The molecular formula is C38H41N3O3. The molecule has 1 unspecified atom stereocenters. The average molecular weight is 588 g/mol. The second-order valence-corrected chi connectivity index (χ2v) is 12.3. The minimum Gasteiger partial charge on any atom is -0.352 e. The summed E-state index contributed by atoms with van der Waals surface area (Å²) < 4.78 is 0. The first-order chi connectivity index (χ1) is 21.5. The number of hydrogen-bond donors (Lipinski definition) is 1. The summed E-state index contributed by atoms with van der Waals surface area (Å²) >= 11 is 0. The van der Waals surface area contributed by atoms with Crippen LogP contribution in [0.2, 0.25) is 0 Å². The molecule has 1 fully saturated rings. The second-order valence-electron chi connectivity index (χ2n) is 12.3. The SMILES string of the molecule is Cc1ccc(CN(C(=O)CCCN2C(=O)c3cccc4cccc2c34)C(Cc2ccccc2)C(=O)NC2CCCCC2)cc1. The number of rotatable bonds is 11. The monoisotopic (exact) mass is 587 g/mol. The van der Waals surface area contributed by atoms with E-state index in [2.05, 4.69) is 5.32 Å². The molecule has 0 bridgehead atoms. The Morgan fingerprint density at radius 2 is 1.59 bits per heavy atom. The number of amides is 3. The third-order valence-electron chi connectivity index (χ3n) is 9.12. The molecule has 4 aromatic rings. The van der Waals surface area contributed by atoms with Gasteiger partial charge in [0.05, 0.1) is 5.69 Å². The Bertz CT molecular complexity index is 1620. The van der Waals surface area contributed by atoms with Gasteiger partial charge in [0, 0.05) is 42.9 Å². The van der Waals surface area contributed by atoms with Gasteiger partial charge in [-0.2, -0.15) is 0 Å². The van der Waals surface area contributed by atoms with Crippen molar-refractivity contribution in [3.05, 3.63) is 113 Å². The Kier molecular flexibility index (Phi) is 9.06. The van der Waals surface area contributed by atoms with E-state index >= 15 is 0 Å². The van der Waals surface area contributed by atoms with E-state index < -0.39 is 6.04 Å². The lowest BCUT2D eigenvalue weighted by Gasteiger charge is -2.33. The van der Waals surface area contributed by atoms with Gasteiger partial charge in [0.25, 0.3) is 5.91 Å². The maximum atomic E-state index is 14.1. The molecule has 6 heteroatoms. The molecular weight excluding hydrogens is 546 g/mol. The highest BCUT2D eigenvalue weighted by molar-refractivity contribution is 6.25. The Labute approximate surface area is 260 Å². The van der Waals surface area contributed by atoms with Crippen LogP contribution in [-0.2, 0) is 22.6 Å². The molecule has 1 aliphatic heterocycles. The molecule has 0 radical (unpaired) electrons. The highest BCUT2D eigenvalue weighted by Crippen LogP contribution is 2.37. The van der Waals surface area contributed by atoms with Crippen LogP contribution < -0.4 is 10.2 Å². The molecule has 1 aliphatic carbocycles. The molecule has 3 amide bonds. The fourth-order valence-corrected chi connectivity index (χ4v) is 6.72. The van der Waals surface area contributed by atoms with Crippen molar-refractivity contribution in [2.24, 2.45) is 0 Å². The van der Waals surface area contributed by atoms with Crippen LogP contribution in [0.5, 0.6) is 0 Å². The number of benzene rings is 4. The van der Waals surface area contributed by atoms with Crippen LogP contribution >= 0.6 is 0 Å². The fourth-order valence-electron chi connectivity index (χ4n) is 6.72. The third kappa shape index (κ3) is 6.54. The van der Waals surface area contributed by atoms with Gasteiger partial charge >= 0.3 is 0 Å². The van der Waals surface area contributed by atoms with Crippen molar-refractivity contribution in [1.82, 2.24) is 10.2 Å². The van der Waals surface area contributed by atoms with Gasteiger partial charge in [-0.25, -0.2) is 0 Å². The van der Waals surface area contributed by atoms with Gasteiger partial charge in [0.1, 0.15) is 6.04 Å². The summed E-state index contributed by atoms with van der Waals surface area (Å²) in [6, 6.07) is 29.4. The van der Waals surface area contributed by atoms with Gasteiger partial charge in [0.2, 0.25) is 11.8 Å². The van der Waals surface area contributed by atoms with Crippen molar-refractivity contribution < 1.29 is 14.4 Å². The number of carbonyl (C=O) groups excluding carboxylic acids is 3. The Morgan fingerprint density at radius 1 is 0.864 bits per heavy atom. The van der Waals surface area contributed by atoms with E-state index in [1.165, 1.54) is 6.42 Å². The predicted molar refractivity (Wildman–Crippen MR) is 176 cm³/mol. The number of carbonyl (C=O) groups is 3. The molecule has 226 valence electrons. The second kappa shape index (κ2) is 13.5. The van der Waals surface area contributed by atoms with Crippen molar-refractivity contribution in [3.63, 3.8) is 0 Å². The van der Waals surface area contributed by atoms with E-state index in [-0.39, 0.29) is 30.2 Å². The Morgan fingerprint density at radius 3 is 2.34 bits per heavy atom. The first-order valence-electron chi connectivity index (χ1n) is 16.0. The smallest absolute Gasteiger partial charge is 0.258 e. The first-order valence-corrected chi connectivity index (χ1v) is 16.0. The normalized spacial score (nSPS) is 15.4. The molecule has 1 atom stereocenters. The van der Waals surface area contributed by atoms with Gasteiger partial charge in [-0.05, 0) is 54.8 Å². The number of nitrogens with one attached hydrogen (secondary N) is 1. The zero-order chi connectivity index (χ0) is 30.5. The summed E-state index contributed by atoms with van der Waals surface area (Å²) in [7, 11) is 0. The van der Waals surface area contributed by atoms with Gasteiger partial charge in [-0.1, -0.05) is 104 Å². The van der Waals surface area contributed by atoms with Crippen molar-refractivity contribution in [1.29, 1.82) is 0 Å². The van der Waals surface area contributed by atoms with Crippen molar-refractivity contribution in [3.8, 4) is 0 Å². The Hall–Kier alpha value is -4.45. The van der Waals surface area contributed by atoms with E-state index in [0.29, 0.717) is 31.5 Å². The van der Waals surface area contributed by atoms with Crippen LogP contribution in [0, 0.1) is 6.92 Å². The zero-order valence-electron chi connectivity index (χ0n) is 25.5. The molecule has 6 rings (SSSR count). The first kappa shape index (κ1) is 29.6. The van der Waals surface area contributed by atoms with Gasteiger partial charge in [0.15, 0.2) is 0 Å². The summed E-state index contributed by atoms with van der Waals surface area (Å²) in [5, 5.41) is 5.34. The van der Waals surface area contributed by atoms with Crippen LogP contribution in [-0.4, -0.2) is 41.2 Å². The number of nitrogens with zero attached hydrogens (tertiary/aromatic N) is 2. The summed E-state index contributed by atoms with van der Waals surface area (Å²) in [5.74, 6) is -0.180. The maximum Gasteiger partial charge on any atom is 0.258 e. The van der Waals surface area contributed by atoms with Crippen molar-refractivity contribution in [2.75, 3.05) is 11.4 Å². The Balaban J connectivity index is 1.23. The van der Waals surface area contributed by atoms with Crippen molar-refractivity contribution in [2.45, 2.75) is 76.9 Å². The highest BCUT2D eigenvalue weighted by atomic mass is 16.2. The van der Waals surface area contributed by atoms with E-state index in [1.807, 2.05) is 97.9 Å². The molecule has 0 aromatic heterocycles. The van der Waals surface area contributed by atoms with Gasteiger partial charge in [-0.15, -0.1) is 0 Å². The summed E-state index contributed by atoms with van der Waals surface area (Å²) in [5.41, 5.74) is 4.78. The molecule has 6 nitrogen and oxygen atoms in total. The molecule has 1 N–H and O–H groups in total. The molecule has 2 aliphatic rings. The van der Waals surface area contributed by atoms with E-state index in [4.69, 9.17) is 0 Å². The molecule has 44 heavy (non-hydrogen) atoms. The lowest BCUT2D eigenvalue weighted by molar-refractivity contribution is -0.141. The summed E-state index contributed by atoms with van der Waals surface area (Å²) in [4.78, 5) is 45.1. The summed E-state index contributed by atoms with van der Waals surface area (Å²) in [6.45, 7) is 2.83. The molecule has 1 saturated carbocycles. The summed E-state index contributed by atoms with van der Waals surface area (Å²) in [6.07, 6.45) is 6.59. The molecule has 0 saturated heterocycles. The topological polar surface area (TPSA) is 69.7 Å². The average Bonchev–Trinajstić information content (AvgIpc) is 3.32. The number of aryl methyl sites for hydroxylation is 1. The van der Waals surface area contributed by atoms with Crippen LogP contribution in [0.15, 0.2) is 91.0 Å². The third-order valence-corrected chi connectivity index (χ3v) is 9.12. The lowest BCUT2D eigenvalue weighted by Crippen LogP contribution is -2.52. The van der Waals surface area contributed by atoms with Crippen LogP contribution in [0.25, 0.3) is 10.8 Å². The van der Waals surface area contributed by atoms with E-state index in [9.17, 15) is 14.4 Å². The molecule has 1 heterocycles. The molecule has 4 aromatic carbocycles. The zero-order valence-corrected chi connectivity index (χ0v) is 25.5. The van der Waals surface area contributed by atoms with Crippen LogP contribution in [0.4, 0.5) is 5.69 Å². The predicted octanol–water partition coefficient (Wildman–Crippen LogP) is 6.98. The minimum absolute atomic E-state index is 0.0189. The standard InChI is InChI=1S/C38H41N3O3/c1-27-20-22-29(23-21-27)26-41(34(25-28-11-4-2-5-12-28)37(43)39-31-15-6-3-7-16-31)35(42)19-10-24-40-33-18-9-14-30-13-8-17-32(36(30)33)38(40)44/h2,4-5,8-9,11-14,17-18,20-23,31,34H,3,6-7,10,15-16,19,24-26H2,1H3,(H,39,43). The lowest BCUT2D eigenvalue weighted by atomic mass is 9.94. The van der Waals surface area contributed by atoms with Crippen LogP contribution in [0.3, 0.4) is 0 Å². The maximum absolute atomic E-state index is 14.1. The van der Waals surface area contributed by atoms with Gasteiger partial charge in [-0.3, -0.25) is 14.4 Å². The largest absolute Gasteiger partial charge is 0.352 e. The van der Waals surface area contributed by atoms with E-state index in [1.54, 1.807) is 9.80 Å². The van der Waals surface area contributed by atoms with E-state index in [0.717, 1.165) is 58.8 Å². The number of hydrogen-bond acceptors (Lipinski definition) is 3. The van der Waals surface area contributed by atoms with Crippen LogP contribution in [0.1, 0.15) is 72.0 Å². The minimum atomic E-state index is -0.639.